The smallest absolute Gasteiger partial charge is 0.0927 e. The maximum Gasteiger partial charge on any atom is 0.0927 e. The Morgan fingerprint density at radius 1 is 1.62 bits per heavy atom. The number of nitrogens with zero attached hydrogens (tertiary/aromatic N) is 1. The van der Waals surface area contributed by atoms with Crippen LogP contribution in [0.5, 0.6) is 0 Å². The Morgan fingerprint density at radius 2 is 2.31 bits per heavy atom. The predicted octanol–water partition coefficient (Wildman–Crippen LogP) is 3.86. The molecule has 1 nitrogen and oxygen atoms in total. The molecule has 0 saturated carbocycles. The zero-order valence-electron chi connectivity index (χ0n) is 7.01. The summed E-state index contributed by atoms with van der Waals surface area (Å²) in [5.41, 5.74) is 1.96. The molecule has 0 saturated heterocycles. The van der Waals surface area contributed by atoms with Crippen molar-refractivity contribution in [1.82, 2.24) is 0 Å². The second kappa shape index (κ2) is 4.45. The van der Waals surface area contributed by atoms with Gasteiger partial charge in [0.05, 0.1) is 11.1 Å². The summed E-state index contributed by atoms with van der Waals surface area (Å²) in [6, 6.07) is 7.61. The molecule has 0 atom stereocenters. The molecule has 0 bridgehead atoms. The molecule has 13 heavy (non-hydrogen) atoms. The molecule has 66 valence electrons. The van der Waals surface area contributed by atoms with Gasteiger partial charge in [-0.25, -0.2) is 0 Å². The van der Waals surface area contributed by atoms with E-state index in [1.54, 1.807) is 0 Å². The van der Waals surface area contributed by atoms with Gasteiger partial charge >= 0.3 is 0 Å². The van der Waals surface area contributed by atoms with E-state index < -0.39 is 0 Å². The minimum absolute atomic E-state index is 0.470. The lowest BCUT2D eigenvalue weighted by Gasteiger charge is -2.01. The molecule has 0 aliphatic heterocycles. The van der Waals surface area contributed by atoms with E-state index in [4.69, 9.17) is 16.9 Å². The molecule has 0 aliphatic carbocycles. The Morgan fingerprint density at radius 3 is 2.85 bits per heavy atom. The van der Waals surface area contributed by atoms with Crippen molar-refractivity contribution < 1.29 is 0 Å². The molecule has 1 aromatic rings. The molecule has 0 fully saturated rings. The number of hydrogen-bond donors (Lipinski definition) is 0. The summed E-state index contributed by atoms with van der Waals surface area (Å²) in [7, 11) is 0. The highest BCUT2D eigenvalue weighted by Gasteiger charge is 2.00. The van der Waals surface area contributed by atoms with Gasteiger partial charge in [0.15, 0.2) is 0 Å². The lowest BCUT2D eigenvalue weighted by molar-refractivity contribution is 1.42. The average molecular weight is 257 g/mol. The second-order valence-electron chi connectivity index (χ2n) is 2.59. The van der Waals surface area contributed by atoms with Gasteiger partial charge in [0.1, 0.15) is 0 Å². The van der Waals surface area contributed by atoms with Gasteiger partial charge in [-0.05, 0) is 30.2 Å². The largest absolute Gasteiger partial charge is 0.193 e. The summed E-state index contributed by atoms with van der Waals surface area (Å²) in [5.74, 6) is 0. The van der Waals surface area contributed by atoms with Crippen LogP contribution in [0.4, 0.5) is 0 Å². The molecule has 0 aromatic heterocycles. The van der Waals surface area contributed by atoms with Crippen molar-refractivity contribution in [2.45, 2.75) is 6.92 Å². The third kappa shape index (κ3) is 2.58. The van der Waals surface area contributed by atoms with Crippen molar-refractivity contribution >= 4 is 32.6 Å². The molecule has 0 radical (unpaired) electrons. The fraction of sp³-hybridized carbons (Fsp3) is 0.100. The van der Waals surface area contributed by atoms with Crippen molar-refractivity contribution in [2.24, 2.45) is 0 Å². The van der Waals surface area contributed by atoms with Gasteiger partial charge in [-0.3, -0.25) is 0 Å². The van der Waals surface area contributed by atoms with Crippen molar-refractivity contribution in [2.75, 3.05) is 0 Å². The third-order valence-electron chi connectivity index (χ3n) is 1.62. The minimum Gasteiger partial charge on any atom is -0.193 e. The third-order valence-corrected chi connectivity index (χ3v) is 2.84. The standard InChI is InChI=1S/C10H7BrClN/c1-7-6-8(2-3-9(7)11)10(12)4-5-13/h2-4,6H,1H3/b10-4+. The fourth-order valence-electron chi connectivity index (χ4n) is 0.933. The highest BCUT2D eigenvalue weighted by molar-refractivity contribution is 9.10. The van der Waals surface area contributed by atoms with Crippen LogP contribution in [0.3, 0.4) is 0 Å². The number of benzene rings is 1. The molecule has 0 spiro atoms. The highest BCUT2D eigenvalue weighted by atomic mass is 79.9. The summed E-state index contributed by atoms with van der Waals surface area (Å²) in [5, 5.41) is 8.87. The molecule has 0 heterocycles. The second-order valence-corrected chi connectivity index (χ2v) is 3.85. The number of aryl methyl sites for hydroxylation is 1. The molecular formula is C10H7BrClN. The SMILES string of the molecule is Cc1cc(/C(Cl)=C\C#N)ccc1Br. The van der Waals surface area contributed by atoms with E-state index >= 15 is 0 Å². The van der Waals surface area contributed by atoms with Crippen LogP contribution in [-0.4, -0.2) is 0 Å². The monoisotopic (exact) mass is 255 g/mol. The normalized spacial score (nSPS) is 11.1. The highest BCUT2D eigenvalue weighted by Crippen LogP contribution is 2.23. The first-order valence-corrected chi connectivity index (χ1v) is 4.84. The molecule has 1 rings (SSSR count). The van der Waals surface area contributed by atoms with Crippen LogP contribution >= 0.6 is 27.5 Å². The Hall–Kier alpha value is -0.780. The lowest BCUT2D eigenvalue weighted by atomic mass is 10.1. The first-order chi connectivity index (χ1) is 6.15. The first-order valence-electron chi connectivity index (χ1n) is 3.67. The Labute approximate surface area is 90.8 Å². The van der Waals surface area contributed by atoms with Gasteiger partial charge in [0.25, 0.3) is 0 Å². The van der Waals surface area contributed by atoms with Gasteiger partial charge in [-0.1, -0.05) is 33.6 Å². The van der Waals surface area contributed by atoms with Crippen molar-refractivity contribution in [1.29, 1.82) is 5.26 Å². The maximum absolute atomic E-state index is 8.40. The zero-order valence-corrected chi connectivity index (χ0v) is 9.35. The van der Waals surface area contributed by atoms with Crippen LogP contribution in [0.2, 0.25) is 0 Å². The van der Waals surface area contributed by atoms with Crippen LogP contribution in [0.25, 0.3) is 5.03 Å². The van der Waals surface area contributed by atoms with Crippen LogP contribution < -0.4 is 0 Å². The van der Waals surface area contributed by atoms with Crippen molar-refractivity contribution in [3.05, 3.63) is 39.9 Å². The van der Waals surface area contributed by atoms with Gasteiger partial charge in [-0.15, -0.1) is 0 Å². The number of allylic oxidation sites excluding steroid dienone is 1. The number of nitriles is 1. The lowest BCUT2D eigenvalue weighted by Crippen LogP contribution is -1.80. The fourth-order valence-corrected chi connectivity index (χ4v) is 1.35. The summed E-state index contributed by atoms with van der Waals surface area (Å²) in [6.45, 7) is 1.98. The van der Waals surface area contributed by atoms with E-state index in [1.807, 2.05) is 31.2 Å². The van der Waals surface area contributed by atoms with Gasteiger partial charge in [0.2, 0.25) is 0 Å². The number of halogens is 2. The number of rotatable bonds is 1. The van der Waals surface area contributed by atoms with Crippen LogP contribution in [0, 0.1) is 18.3 Å². The van der Waals surface area contributed by atoms with Gasteiger partial charge in [-0.2, -0.15) is 5.26 Å². The van der Waals surface area contributed by atoms with Crippen molar-refractivity contribution in [3.8, 4) is 6.07 Å². The summed E-state index contributed by atoms with van der Waals surface area (Å²) in [6.07, 6.45) is 1.32. The van der Waals surface area contributed by atoms with Crippen LogP contribution in [-0.2, 0) is 0 Å². The molecule has 0 amide bonds. The van der Waals surface area contributed by atoms with Crippen LogP contribution in [0.15, 0.2) is 28.7 Å². The van der Waals surface area contributed by atoms with E-state index in [0.29, 0.717) is 5.03 Å². The van der Waals surface area contributed by atoms with Gasteiger partial charge in [0, 0.05) is 10.5 Å². The molecule has 3 heteroatoms. The average Bonchev–Trinajstić information content (AvgIpc) is 2.10. The molecule has 0 unspecified atom stereocenters. The quantitative estimate of drug-likeness (QED) is 0.700. The summed E-state index contributed by atoms with van der Waals surface area (Å²) in [4.78, 5) is 0. The Bertz CT molecular complexity index is 390. The maximum atomic E-state index is 8.40. The van der Waals surface area contributed by atoms with Crippen molar-refractivity contribution in [3.63, 3.8) is 0 Å². The molecule has 1 aromatic carbocycles. The molecule has 0 N–H and O–H groups in total. The van der Waals surface area contributed by atoms with Gasteiger partial charge < -0.3 is 0 Å². The molecule has 0 aliphatic rings. The van der Waals surface area contributed by atoms with E-state index in [0.717, 1.165) is 15.6 Å². The summed E-state index contributed by atoms with van der Waals surface area (Å²) < 4.78 is 1.04. The topological polar surface area (TPSA) is 23.8 Å². The summed E-state index contributed by atoms with van der Waals surface area (Å²) >= 11 is 9.24. The minimum atomic E-state index is 0.470. The van der Waals surface area contributed by atoms with E-state index in [2.05, 4.69) is 15.9 Å². The van der Waals surface area contributed by atoms with E-state index in [-0.39, 0.29) is 0 Å². The Balaban J connectivity index is 3.13. The number of hydrogen-bond acceptors (Lipinski definition) is 1. The van der Waals surface area contributed by atoms with E-state index in [9.17, 15) is 0 Å². The predicted molar refractivity (Wildman–Crippen MR) is 58.3 cm³/mol. The Kier molecular flexibility index (Phi) is 3.53. The van der Waals surface area contributed by atoms with Crippen LogP contribution in [0.1, 0.15) is 11.1 Å². The van der Waals surface area contributed by atoms with E-state index in [1.165, 1.54) is 6.08 Å². The molecular weight excluding hydrogens is 249 g/mol. The zero-order chi connectivity index (χ0) is 9.84. The first kappa shape index (κ1) is 10.3.